The van der Waals surface area contributed by atoms with E-state index in [1.807, 2.05) is 11.3 Å². The minimum atomic E-state index is 0.630. The Labute approximate surface area is 89.3 Å². The average Bonchev–Trinajstić information content (AvgIpc) is 2.71. The van der Waals surface area contributed by atoms with Crippen LogP contribution in [0.2, 0.25) is 0 Å². The summed E-state index contributed by atoms with van der Waals surface area (Å²) in [6.45, 7) is 1.82. The summed E-state index contributed by atoms with van der Waals surface area (Å²) in [5.74, 6) is 0.646. The van der Waals surface area contributed by atoms with Crippen molar-refractivity contribution in [3.8, 4) is 0 Å². The van der Waals surface area contributed by atoms with Crippen LogP contribution in [0.3, 0.4) is 0 Å². The lowest BCUT2D eigenvalue weighted by Crippen LogP contribution is -2.41. The third-order valence-electron chi connectivity index (χ3n) is 2.89. The summed E-state index contributed by atoms with van der Waals surface area (Å²) >= 11 is 1.85. The standard InChI is InChI=1S/C11H17NOS/c1-12-11-4-5-13-8-9(11)7-10-3-2-6-14-10/h2-3,6,9,11-12H,4-5,7-8H2,1H3. The molecule has 1 aromatic heterocycles. The molecule has 0 amide bonds. The molecule has 0 radical (unpaired) electrons. The van der Waals surface area contributed by atoms with Crippen molar-refractivity contribution in [3.05, 3.63) is 22.4 Å². The Morgan fingerprint density at radius 1 is 1.64 bits per heavy atom. The van der Waals surface area contributed by atoms with Crippen LogP contribution in [-0.2, 0) is 11.2 Å². The molecule has 2 unspecified atom stereocenters. The van der Waals surface area contributed by atoms with Gasteiger partial charge < -0.3 is 10.1 Å². The van der Waals surface area contributed by atoms with E-state index >= 15 is 0 Å². The molecule has 0 spiro atoms. The number of ether oxygens (including phenoxy) is 1. The molecule has 2 rings (SSSR count). The molecule has 3 heteroatoms. The highest BCUT2D eigenvalue weighted by molar-refractivity contribution is 7.09. The van der Waals surface area contributed by atoms with Gasteiger partial charge in [0, 0.05) is 23.4 Å². The number of hydrogen-bond donors (Lipinski definition) is 1. The molecule has 0 aliphatic carbocycles. The SMILES string of the molecule is CNC1CCOCC1Cc1cccs1. The highest BCUT2D eigenvalue weighted by Gasteiger charge is 2.24. The normalized spacial score (nSPS) is 27.8. The molecule has 0 bridgehead atoms. The zero-order chi connectivity index (χ0) is 9.80. The molecule has 2 atom stereocenters. The Morgan fingerprint density at radius 2 is 2.57 bits per heavy atom. The first-order valence-electron chi connectivity index (χ1n) is 5.17. The van der Waals surface area contributed by atoms with Crippen LogP contribution in [-0.4, -0.2) is 26.3 Å². The third-order valence-corrected chi connectivity index (χ3v) is 3.79. The molecule has 1 fully saturated rings. The van der Waals surface area contributed by atoms with Crippen molar-refractivity contribution in [2.24, 2.45) is 5.92 Å². The molecule has 2 nitrogen and oxygen atoms in total. The molecule has 14 heavy (non-hydrogen) atoms. The van der Waals surface area contributed by atoms with Crippen LogP contribution in [0.25, 0.3) is 0 Å². The molecule has 1 saturated heterocycles. The van der Waals surface area contributed by atoms with E-state index in [0.29, 0.717) is 12.0 Å². The van der Waals surface area contributed by atoms with Gasteiger partial charge in [0.15, 0.2) is 0 Å². The predicted octanol–water partition coefficient (Wildman–Crippen LogP) is 1.92. The highest BCUT2D eigenvalue weighted by atomic mass is 32.1. The van der Waals surface area contributed by atoms with Gasteiger partial charge in [-0.05, 0) is 31.3 Å². The smallest absolute Gasteiger partial charge is 0.0512 e. The van der Waals surface area contributed by atoms with Crippen LogP contribution in [0.15, 0.2) is 17.5 Å². The van der Waals surface area contributed by atoms with Gasteiger partial charge >= 0.3 is 0 Å². The number of rotatable bonds is 3. The molecular formula is C11H17NOS. The van der Waals surface area contributed by atoms with Gasteiger partial charge in [-0.3, -0.25) is 0 Å². The maximum atomic E-state index is 5.53. The Balaban J connectivity index is 1.94. The van der Waals surface area contributed by atoms with Crippen molar-refractivity contribution in [3.63, 3.8) is 0 Å². The molecule has 1 aromatic rings. The van der Waals surface area contributed by atoms with E-state index in [0.717, 1.165) is 26.1 Å². The third kappa shape index (κ3) is 2.35. The predicted molar refractivity (Wildman–Crippen MR) is 59.8 cm³/mol. The van der Waals surface area contributed by atoms with Crippen LogP contribution in [0.5, 0.6) is 0 Å². The molecule has 0 saturated carbocycles. The maximum Gasteiger partial charge on any atom is 0.0512 e. The molecule has 78 valence electrons. The van der Waals surface area contributed by atoms with Crippen molar-refractivity contribution < 1.29 is 4.74 Å². The topological polar surface area (TPSA) is 21.3 Å². The van der Waals surface area contributed by atoms with Crippen molar-refractivity contribution in [1.29, 1.82) is 0 Å². The van der Waals surface area contributed by atoms with Crippen LogP contribution < -0.4 is 5.32 Å². The highest BCUT2D eigenvalue weighted by Crippen LogP contribution is 2.21. The lowest BCUT2D eigenvalue weighted by molar-refractivity contribution is 0.0345. The van der Waals surface area contributed by atoms with E-state index < -0.39 is 0 Å². The number of hydrogen-bond acceptors (Lipinski definition) is 3. The minimum absolute atomic E-state index is 0.630. The summed E-state index contributed by atoms with van der Waals surface area (Å²) in [6.07, 6.45) is 2.30. The first-order valence-corrected chi connectivity index (χ1v) is 6.05. The fourth-order valence-electron chi connectivity index (χ4n) is 2.07. The number of nitrogens with one attached hydrogen (secondary N) is 1. The van der Waals surface area contributed by atoms with Gasteiger partial charge in [-0.2, -0.15) is 0 Å². The van der Waals surface area contributed by atoms with Crippen molar-refractivity contribution in [2.45, 2.75) is 18.9 Å². The Hall–Kier alpha value is -0.380. The average molecular weight is 211 g/mol. The van der Waals surface area contributed by atoms with Gasteiger partial charge in [0.25, 0.3) is 0 Å². The van der Waals surface area contributed by atoms with Crippen LogP contribution in [0, 0.1) is 5.92 Å². The van der Waals surface area contributed by atoms with Crippen LogP contribution in [0.1, 0.15) is 11.3 Å². The van der Waals surface area contributed by atoms with E-state index in [2.05, 4.69) is 29.9 Å². The summed E-state index contributed by atoms with van der Waals surface area (Å²) in [5, 5.41) is 5.54. The fraction of sp³-hybridized carbons (Fsp3) is 0.636. The van der Waals surface area contributed by atoms with E-state index in [1.54, 1.807) is 0 Å². The molecule has 1 N–H and O–H groups in total. The van der Waals surface area contributed by atoms with Gasteiger partial charge in [0.1, 0.15) is 0 Å². The Kier molecular flexibility index (Phi) is 3.56. The monoisotopic (exact) mass is 211 g/mol. The second kappa shape index (κ2) is 4.91. The quantitative estimate of drug-likeness (QED) is 0.824. The lowest BCUT2D eigenvalue weighted by atomic mass is 9.92. The Bertz CT molecular complexity index is 260. The van der Waals surface area contributed by atoms with Gasteiger partial charge in [-0.1, -0.05) is 6.07 Å². The van der Waals surface area contributed by atoms with Gasteiger partial charge in [-0.15, -0.1) is 11.3 Å². The first kappa shape index (κ1) is 10.1. The largest absolute Gasteiger partial charge is 0.381 e. The van der Waals surface area contributed by atoms with E-state index in [-0.39, 0.29) is 0 Å². The van der Waals surface area contributed by atoms with Crippen molar-refractivity contribution in [1.82, 2.24) is 5.32 Å². The van der Waals surface area contributed by atoms with Crippen LogP contribution >= 0.6 is 11.3 Å². The number of thiophene rings is 1. The van der Waals surface area contributed by atoms with E-state index in [9.17, 15) is 0 Å². The second-order valence-electron chi connectivity index (χ2n) is 3.80. The van der Waals surface area contributed by atoms with Gasteiger partial charge in [-0.25, -0.2) is 0 Å². The minimum Gasteiger partial charge on any atom is -0.381 e. The van der Waals surface area contributed by atoms with Crippen molar-refractivity contribution >= 4 is 11.3 Å². The molecule has 1 aliphatic rings. The summed E-state index contributed by atoms with van der Waals surface area (Å²) in [7, 11) is 2.05. The van der Waals surface area contributed by atoms with Gasteiger partial charge in [0.05, 0.1) is 6.61 Å². The first-order chi connectivity index (χ1) is 6.90. The zero-order valence-corrected chi connectivity index (χ0v) is 9.35. The molecule has 0 aromatic carbocycles. The van der Waals surface area contributed by atoms with E-state index in [1.165, 1.54) is 4.88 Å². The Morgan fingerprint density at radius 3 is 3.29 bits per heavy atom. The van der Waals surface area contributed by atoms with Crippen LogP contribution in [0.4, 0.5) is 0 Å². The summed E-state index contributed by atoms with van der Waals surface area (Å²) in [6, 6.07) is 4.97. The lowest BCUT2D eigenvalue weighted by Gasteiger charge is -2.31. The fourth-order valence-corrected chi connectivity index (χ4v) is 2.86. The maximum absolute atomic E-state index is 5.53. The second-order valence-corrected chi connectivity index (χ2v) is 4.83. The summed E-state index contributed by atoms with van der Waals surface area (Å²) in [4.78, 5) is 1.47. The summed E-state index contributed by atoms with van der Waals surface area (Å²) < 4.78 is 5.53. The van der Waals surface area contributed by atoms with Crippen molar-refractivity contribution in [2.75, 3.05) is 20.3 Å². The summed E-state index contributed by atoms with van der Waals surface area (Å²) in [5.41, 5.74) is 0. The van der Waals surface area contributed by atoms with E-state index in [4.69, 9.17) is 4.74 Å². The molecular weight excluding hydrogens is 194 g/mol. The van der Waals surface area contributed by atoms with Gasteiger partial charge in [0.2, 0.25) is 0 Å². The molecule has 2 heterocycles. The zero-order valence-electron chi connectivity index (χ0n) is 8.53. The molecule has 1 aliphatic heterocycles.